The zero-order chi connectivity index (χ0) is 11.0. The molecule has 0 radical (unpaired) electrons. The van der Waals surface area contributed by atoms with E-state index in [1.807, 2.05) is 0 Å². The summed E-state index contributed by atoms with van der Waals surface area (Å²) in [6.45, 7) is 0.559. The van der Waals surface area contributed by atoms with Crippen LogP contribution in [0, 0.1) is 0 Å². The Bertz CT molecular complexity index is 165. The number of nitrogens with one attached hydrogen (secondary N) is 1. The van der Waals surface area contributed by atoms with Gasteiger partial charge >= 0.3 is 0 Å². The van der Waals surface area contributed by atoms with Crippen molar-refractivity contribution < 1.29 is 4.79 Å². The van der Waals surface area contributed by atoms with Crippen molar-refractivity contribution >= 4 is 31.2 Å². The summed E-state index contributed by atoms with van der Waals surface area (Å²) < 4.78 is 0. The summed E-state index contributed by atoms with van der Waals surface area (Å²) in [5.74, 6) is 0.990. The quantitative estimate of drug-likeness (QED) is 0.383. The zero-order valence-electron chi connectivity index (χ0n) is 8.15. The van der Waals surface area contributed by atoms with Crippen molar-refractivity contribution in [2.45, 2.75) is 24.9 Å². The van der Waals surface area contributed by atoms with Gasteiger partial charge in [-0.15, -0.1) is 0 Å². The maximum atomic E-state index is 11.4. The molecule has 4 nitrogen and oxygen atoms in total. The van der Waals surface area contributed by atoms with Crippen molar-refractivity contribution in [1.82, 2.24) is 5.32 Å². The van der Waals surface area contributed by atoms with Gasteiger partial charge in [0.15, 0.2) is 0 Å². The van der Waals surface area contributed by atoms with Crippen LogP contribution in [0.2, 0.25) is 0 Å². The predicted molar refractivity (Wildman–Crippen MR) is 65.9 cm³/mol. The van der Waals surface area contributed by atoms with Crippen LogP contribution >= 0.6 is 25.3 Å². The summed E-state index contributed by atoms with van der Waals surface area (Å²) in [4.78, 5) is 11.4. The van der Waals surface area contributed by atoms with Gasteiger partial charge in [0.2, 0.25) is 5.91 Å². The lowest BCUT2D eigenvalue weighted by atomic mass is 10.1. The second-order valence-electron chi connectivity index (χ2n) is 3.11. The molecule has 0 aliphatic heterocycles. The van der Waals surface area contributed by atoms with E-state index in [9.17, 15) is 4.79 Å². The van der Waals surface area contributed by atoms with Crippen LogP contribution in [0.25, 0.3) is 0 Å². The maximum Gasteiger partial charge on any atom is 0.237 e. The second kappa shape index (κ2) is 8.40. The molecule has 0 unspecified atom stereocenters. The third kappa shape index (κ3) is 5.74. The van der Waals surface area contributed by atoms with Crippen LogP contribution < -0.4 is 16.8 Å². The Balaban J connectivity index is 3.81. The maximum absolute atomic E-state index is 11.4. The van der Waals surface area contributed by atoms with Crippen molar-refractivity contribution in [1.29, 1.82) is 0 Å². The molecule has 1 atom stereocenters. The van der Waals surface area contributed by atoms with E-state index in [1.165, 1.54) is 0 Å². The van der Waals surface area contributed by atoms with Gasteiger partial charge in [-0.25, -0.2) is 0 Å². The Hall–Kier alpha value is 0.0900. The Morgan fingerprint density at radius 2 is 1.93 bits per heavy atom. The fourth-order valence-corrected chi connectivity index (χ4v) is 1.57. The lowest BCUT2D eigenvalue weighted by Gasteiger charge is -2.17. The number of rotatable bonds is 7. The van der Waals surface area contributed by atoms with Gasteiger partial charge < -0.3 is 16.8 Å². The number of hydrogen-bond donors (Lipinski definition) is 5. The third-order valence-corrected chi connectivity index (χ3v) is 2.72. The Morgan fingerprint density at radius 3 is 2.36 bits per heavy atom. The Morgan fingerprint density at radius 1 is 1.36 bits per heavy atom. The minimum Gasteiger partial charge on any atom is -0.350 e. The number of hydrogen-bond acceptors (Lipinski definition) is 5. The van der Waals surface area contributed by atoms with E-state index in [0.717, 1.165) is 6.42 Å². The fourth-order valence-electron chi connectivity index (χ4n) is 0.926. The first-order valence-electron chi connectivity index (χ1n) is 4.63. The highest BCUT2D eigenvalue weighted by molar-refractivity contribution is 7.81. The minimum absolute atomic E-state index is 0.0157. The zero-order valence-corrected chi connectivity index (χ0v) is 9.94. The van der Waals surface area contributed by atoms with Crippen LogP contribution in [0.1, 0.15) is 12.8 Å². The Labute approximate surface area is 96.0 Å². The van der Waals surface area contributed by atoms with Crippen molar-refractivity contribution in [2.24, 2.45) is 11.5 Å². The molecule has 0 heterocycles. The molecule has 0 bridgehead atoms. The predicted octanol–water partition coefficient (Wildman–Crippen LogP) is -0.603. The molecular formula is C8H19N3OS2. The van der Waals surface area contributed by atoms with E-state index in [-0.39, 0.29) is 11.9 Å². The molecule has 84 valence electrons. The van der Waals surface area contributed by atoms with Crippen molar-refractivity contribution in [3.63, 3.8) is 0 Å². The fraction of sp³-hybridized carbons (Fsp3) is 0.875. The molecular weight excluding hydrogens is 218 g/mol. The molecule has 0 aliphatic carbocycles. The van der Waals surface area contributed by atoms with Crippen LogP contribution in [0.5, 0.6) is 0 Å². The second-order valence-corrected chi connectivity index (χ2v) is 3.84. The molecule has 1 amide bonds. The van der Waals surface area contributed by atoms with Crippen LogP contribution in [-0.4, -0.2) is 36.0 Å². The number of carbonyl (C=O) groups is 1. The summed E-state index contributed by atoms with van der Waals surface area (Å²) in [6.07, 6.45) is 1.38. The molecule has 0 spiro atoms. The van der Waals surface area contributed by atoms with Gasteiger partial charge in [0.1, 0.15) is 0 Å². The molecule has 0 aromatic carbocycles. The van der Waals surface area contributed by atoms with Crippen molar-refractivity contribution in [3.05, 3.63) is 0 Å². The van der Waals surface area contributed by atoms with E-state index in [4.69, 9.17) is 11.5 Å². The highest BCUT2D eigenvalue weighted by Crippen LogP contribution is 1.96. The van der Waals surface area contributed by atoms with Crippen LogP contribution in [0.3, 0.4) is 0 Å². The number of amides is 1. The van der Waals surface area contributed by atoms with Gasteiger partial charge in [0.05, 0.1) is 6.04 Å². The van der Waals surface area contributed by atoms with Crippen LogP contribution in [0.4, 0.5) is 0 Å². The van der Waals surface area contributed by atoms with Gasteiger partial charge in [-0.05, 0) is 19.4 Å². The smallest absolute Gasteiger partial charge is 0.237 e. The van der Waals surface area contributed by atoms with E-state index >= 15 is 0 Å². The standard InChI is InChI=1S/C8H19N3OS2/c9-3-1-2-7(10)8(12)11-6(4-13)5-14/h6-7,13-14H,1-5,9-10H2,(H,11,12)/t7-/m1/s1. The molecule has 0 saturated heterocycles. The highest BCUT2D eigenvalue weighted by atomic mass is 32.1. The lowest BCUT2D eigenvalue weighted by molar-refractivity contribution is -0.122. The molecule has 0 aliphatic rings. The molecule has 0 fully saturated rings. The first kappa shape index (κ1) is 14.1. The van der Waals surface area contributed by atoms with E-state index in [2.05, 4.69) is 30.6 Å². The van der Waals surface area contributed by atoms with Crippen molar-refractivity contribution in [3.8, 4) is 0 Å². The number of carbonyl (C=O) groups excluding carboxylic acids is 1. The van der Waals surface area contributed by atoms with Gasteiger partial charge in [-0.3, -0.25) is 4.79 Å². The SMILES string of the molecule is NCCC[C@@H](N)C(=O)NC(CS)CS. The third-order valence-electron chi connectivity index (χ3n) is 1.84. The van der Waals surface area contributed by atoms with Gasteiger partial charge in [0.25, 0.3) is 0 Å². The number of nitrogens with two attached hydrogens (primary N) is 2. The average Bonchev–Trinajstić information content (AvgIpc) is 2.21. The van der Waals surface area contributed by atoms with Gasteiger partial charge in [0, 0.05) is 17.5 Å². The number of thiol groups is 2. The summed E-state index contributed by atoms with van der Waals surface area (Å²) in [5.41, 5.74) is 11.0. The summed E-state index contributed by atoms with van der Waals surface area (Å²) in [5, 5.41) is 2.77. The highest BCUT2D eigenvalue weighted by Gasteiger charge is 2.15. The van der Waals surface area contributed by atoms with Gasteiger partial charge in [-0.1, -0.05) is 0 Å². The topological polar surface area (TPSA) is 81.1 Å². The Kier molecular flexibility index (Phi) is 8.46. The van der Waals surface area contributed by atoms with Gasteiger partial charge in [-0.2, -0.15) is 25.3 Å². The van der Waals surface area contributed by atoms with Crippen molar-refractivity contribution in [2.75, 3.05) is 18.1 Å². The molecule has 0 rings (SSSR count). The monoisotopic (exact) mass is 237 g/mol. The normalized spacial score (nSPS) is 12.9. The molecule has 0 aromatic rings. The van der Waals surface area contributed by atoms with E-state index in [1.54, 1.807) is 0 Å². The van der Waals surface area contributed by atoms with E-state index in [0.29, 0.717) is 24.5 Å². The molecule has 0 saturated carbocycles. The molecule has 14 heavy (non-hydrogen) atoms. The lowest BCUT2D eigenvalue weighted by Crippen LogP contribution is -2.47. The minimum atomic E-state index is -0.471. The van der Waals surface area contributed by atoms with Crippen LogP contribution in [-0.2, 0) is 4.79 Å². The molecule has 5 N–H and O–H groups in total. The summed E-state index contributed by atoms with van der Waals surface area (Å²) in [7, 11) is 0. The largest absolute Gasteiger partial charge is 0.350 e. The molecule has 0 aromatic heterocycles. The first-order valence-corrected chi connectivity index (χ1v) is 5.90. The molecule has 6 heteroatoms. The van der Waals surface area contributed by atoms with Crippen LogP contribution in [0.15, 0.2) is 0 Å². The average molecular weight is 237 g/mol. The summed E-state index contributed by atoms with van der Waals surface area (Å²) >= 11 is 8.17. The summed E-state index contributed by atoms with van der Waals surface area (Å²) in [6, 6.07) is -0.487. The first-order chi connectivity index (χ1) is 6.65. The van der Waals surface area contributed by atoms with E-state index < -0.39 is 6.04 Å².